The van der Waals surface area contributed by atoms with Gasteiger partial charge in [-0.25, -0.2) is 4.39 Å². The number of hydrogen-bond donors (Lipinski definition) is 2. The molecule has 0 radical (unpaired) electrons. The molecule has 104 valence electrons. The van der Waals surface area contributed by atoms with Gasteiger partial charge in [0.1, 0.15) is 0 Å². The number of ether oxygens (including phenoxy) is 1. The molecule has 5 nitrogen and oxygen atoms in total. The number of benzene rings is 1. The normalized spacial score (nSPS) is 10.2. The maximum absolute atomic E-state index is 13.3. The summed E-state index contributed by atoms with van der Waals surface area (Å²) in [7, 11) is 1.36. The number of nitrogens with one attached hydrogen (secondary N) is 1. The van der Waals surface area contributed by atoms with Gasteiger partial charge in [-0.3, -0.25) is 9.78 Å². The van der Waals surface area contributed by atoms with Crippen molar-refractivity contribution in [2.45, 2.75) is 6.92 Å². The zero-order chi connectivity index (χ0) is 14.7. The zero-order valence-electron chi connectivity index (χ0n) is 11.1. The standard InChI is InChI=1S/C14H14FN3O2/c1-8-11(5-9(16)7-17-8)14(19)18-10-3-4-12(15)13(6-10)20-2/h3-7H,16H2,1-2H3,(H,18,19). The molecule has 0 spiro atoms. The molecule has 0 atom stereocenters. The van der Waals surface area contributed by atoms with Gasteiger partial charge in [-0.1, -0.05) is 0 Å². The van der Waals surface area contributed by atoms with E-state index in [2.05, 4.69) is 10.3 Å². The molecule has 2 aromatic rings. The summed E-state index contributed by atoms with van der Waals surface area (Å²) in [6.45, 7) is 1.71. The van der Waals surface area contributed by atoms with Crippen molar-refractivity contribution in [3.05, 3.63) is 47.5 Å². The number of rotatable bonds is 3. The Labute approximate surface area is 115 Å². The number of aryl methyl sites for hydroxylation is 1. The van der Waals surface area contributed by atoms with Crippen molar-refractivity contribution < 1.29 is 13.9 Å². The van der Waals surface area contributed by atoms with E-state index in [4.69, 9.17) is 10.5 Å². The van der Waals surface area contributed by atoms with E-state index < -0.39 is 5.82 Å². The van der Waals surface area contributed by atoms with Gasteiger partial charge in [0.05, 0.1) is 30.3 Å². The molecule has 3 N–H and O–H groups in total. The third-order valence-electron chi connectivity index (χ3n) is 2.76. The largest absolute Gasteiger partial charge is 0.494 e. The van der Waals surface area contributed by atoms with Gasteiger partial charge < -0.3 is 15.8 Å². The van der Waals surface area contributed by atoms with E-state index in [9.17, 15) is 9.18 Å². The van der Waals surface area contributed by atoms with Gasteiger partial charge in [-0.05, 0) is 25.1 Å². The van der Waals surface area contributed by atoms with Crippen LogP contribution in [-0.4, -0.2) is 18.0 Å². The molecule has 0 fully saturated rings. The first-order valence-electron chi connectivity index (χ1n) is 5.88. The Hall–Kier alpha value is -2.63. The fourth-order valence-electron chi connectivity index (χ4n) is 1.72. The van der Waals surface area contributed by atoms with Crippen LogP contribution in [0.3, 0.4) is 0 Å². The van der Waals surface area contributed by atoms with Gasteiger partial charge in [0.2, 0.25) is 0 Å². The minimum Gasteiger partial charge on any atom is -0.494 e. The van der Waals surface area contributed by atoms with Crippen molar-refractivity contribution in [1.82, 2.24) is 4.98 Å². The number of aromatic nitrogens is 1. The number of anilines is 2. The Kier molecular flexibility index (Phi) is 3.84. The molecule has 1 heterocycles. The summed E-state index contributed by atoms with van der Waals surface area (Å²) < 4.78 is 18.1. The zero-order valence-corrected chi connectivity index (χ0v) is 11.1. The number of methoxy groups -OCH3 is 1. The Morgan fingerprint density at radius 1 is 1.40 bits per heavy atom. The van der Waals surface area contributed by atoms with E-state index in [-0.39, 0.29) is 11.7 Å². The smallest absolute Gasteiger partial charge is 0.257 e. The van der Waals surface area contributed by atoms with Gasteiger partial charge in [0.25, 0.3) is 5.91 Å². The molecule has 1 aromatic carbocycles. The Balaban J connectivity index is 2.25. The molecular weight excluding hydrogens is 261 g/mol. The number of pyridine rings is 1. The van der Waals surface area contributed by atoms with Crippen LogP contribution in [0.25, 0.3) is 0 Å². The number of hydrogen-bond acceptors (Lipinski definition) is 4. The van der Waals surface area contributed by atoms with Crippen molar-refractivity contribution in [3.63, 3.8) is 0 Å². The van der Waals surface area contributed by atoms with Gasteiger partial charge in [-0.15, -0.1) is 0 Å². The van der Waals surface area contributed by atoms with Gasteiger partial charge in [-0.2, -0.15) is 0 Å². The average Bonchev–Trinajstić information content (AvgIpc) is 2.43. The molecule has 20 heavy (non-hydrogen) atoms. The molecule has 2 rings (SSSR count). The predicted molar refractivity (Wildman–Crippen MR) is 74.3 cm³/mol. The minimum atomic E-state index is -0.493. The van der Waals surface area contributed by atoms with E-state index in [0.29, 0.717) is 22.6 Å². The summed E-state index contributed by atoms with van der Waals surface area (Å²) in [5, 5.41) is 2.65. The maximum atomic E-state index is 13.3. The first-order chi connectivity index (χ1) is 9.51. The van der Waals surface area contributed by atoms with Crippen LogP contribution in [0.4, 0.5) is 15.8 Å². The third-order valence-corrected chi connectivity index (χ3v) is 2.76. The van der Waals surface area contributed by atoms with Crippen molar-refractivity contribution in [1.29, 1.82) is 0 Å². The summed E-state index contributed by atoms with van der Waals surface area (Å²) >= 11 is 0. The van der Waals surface area contributed by atoms with Crippen molar-refractivity contribution in [2.24, 2.45) is 0 Å². The lowest BCUT2D eigenvalue weighted by Crippen LogP contribution is -2.14. The quantitative estimate of drug-likeness (QED) is 0.901. The number of carbonyl (C=O) groups is 1. The molecule has 1 aromatic heterocycles. The Morgan fingerprint density at radius 2 is 2.15 bits per heavy atom. The lowest BCUT2D eigenvalue weighted by Gasteiger charge is -2.09. The number of halogens is 1. The first-order valence-corrected chi connectivity index (χ1v) is 5.88. The fraction of sp³-hybridized carbons (Fsp3) is 0.143. The molecule has 1 amide bonds. The number of amides is 1. The predicted octanol–water partition coefficient (Wildman–Crippen LogP) is 2.37. The SMILES string of the molecule is COc1cc(NC(=O)c2cc(N)cnc2C)ccc1F. The van der Waals surface area contributed by atoms with Crippen molar-refractivity contribution in [3.8, 4) is 5.75 Å². The lowest BCUT2D eigenvalue weighted by atomic mass is 10.1. The van der Waals surface area contributed by atoms with E-state index in [0.717, 1.165) is 0 Å². The summed E-state index contributed by atoms with van der Waals surface area (Å²) in [6.07, 6.45) is 1.48. The molecule has 6 heteroatoms. The summed E-state index contributed by atoms with van der Waals surface area (Å²) in [5.74, 6) is -0.798. The molecule has 0 unspecified atom stereocenters. The maximum Gasteiger partial charge on any atom is 0.257 e. The first kappa shape index (κ1) is 13.8. The van der Waals surface area contributed by atoms with Crippen LogP contribution in [0.5, 0.6) is 5.75 Å². The molecule has 0 saturated carbocycles. The Bertz CT molecular complexity index is 659. The highest BCUT2D eigenvalue weighted by atomic mass is 19.1. The second kappa shape index (κ2) is 5.56. The molecule has 0 bridgehead atoms. The number of nitrogens with two attached hydrogens (primary N) is 1. The van der Waals surface area contributed by atoms with E-state index in [1.807, 2.05) is 0 Å². The van der Waals surface area contributed by atoms with Crippen LogP contribution < -0.4 is 15.8 Å². The van der Waals surface area contributed by atoms with E-state index in [1.165, 1.54) is 31.5 Å². The summed E-state index contributed by atoms with van der Waals surface area (Å²) in [4.78, 5) is 16.1. The van der Waals surface area contributed by atoms with Crippen LogP contribution in [0.15, 0.2) is 30.5 Å². The van der Waals surface area contributed by atoms with Crippen LogP contribution in [-0.2, 0) is 0 Å². The highest BCUT2D eigenvalue weighted by Gasteiger charge is 2.12. The van der Waals surface area contributed by atoms with E-state index in [1.54, 1.807) is 13.0 Å². The number of nitrogen functional groups attached to an aromatic ring is 1. The number of nitrogens with zero attached hydrogens (tertiary/aromatic N) is 1. The molecular formula is C14H14FN3O2. The van der Waals surface area contributed by atoms with Crippen LogP contribution in [0, 0.1) is 12.7 Å². The molecule has 0 aliphatic carbocycles. The Morgan fingerprint density at radius 3 is 2.85 bits per heavy atom. The second-order valence-corrected chi connectivity index (χ2v) is 4.21. The van der Waals surface area contributed by atoms with Crippen LogP contribution in [0.1, 0.15) is 16.1 Å². The highest BCUT2D eigenvalue weighted by Crippen LogP contribution is 2.22. The topological polar surface area (TPSA) is 77.2 Å². The molecule has 0 aliphatic heterocycles. The summed E-state index contributed by atoms with van der Waals surface area (Å²) in [5.41, 5.74) is 7.37. The van der Waals surface area contributed by atoms with Crippen LogP contribution >= 0.6 is 0 Å². The van der Waals surface area contributed by atoms with Crippen molar-refractivity contribution in [2.75, 3.05) is 18.2 Å². The van der Waals surface area contributed by atoms with E-state index >= 15 is 0 Å². The third kappa shape index (κ3) is 2.85. The second-order valence-electron chi connectivity index (χ2n) is 4.21. The monoisotopic (exact) mass is 275 g/mol. The number of carbonyl (C=O) groups excluding carboxylic acids is 1. The average molecular weight is 275 g/mol. The molecule has 0 saturated heterocycles. The van der Waals surface area contributed by atoms with Gasteiger partial charge in [0.15, 0.2) is 11.6 Å². The fourth-order valence-corrected chi connectivity index (χ4v) is 1.72. The minimum absolute atomic E-state index is 0.0604. The van der Waals surface area contributed by atoms with Crippen LogP contribution in [0.2, 0.25) is 0 Å². The van der Waals surface area contributed by atoms with Gasteiger partial charge >= 0.3 is 0 Å². The molecule has 0 aliphatic rings. The van der Waals surface area contributed by atoms with Gasteiger partial charge in [0, 0.05) is 11.8 Å². The van der Waals surface area contributed by atoms with Crippen molar-refractivity contribution >= 4 is 17.3 Å². The lowest BCUT2D eigenvalue weighted by molar-refractivity contribution is 0.102. The summed E-state index contributed by atoms with van der Waals surface area (Å²) in [6, 6.07) is 5.62. The highest BCUT2D eigenvalue weighted by molar-refractivity contribution is 6.05.